The van der Waals surface area contributed by atoms with Crippen molar-refractivity contribution in [3.05, 3.63) is 0 Å². The molecule has 2 amide bonds. The Bertz CT molecular complexity index is 348. The lowest BCUT2D eigenvalue weighted by Crippen LogP contribution is -2.47. The number of nitrogens with one attached hydrogen (secondary N) is 1. The summed E-state index contributed by atoms with van der Waals surface area (Å²) in [7, 11) is 0. The van der Waals surface area contributed by atoms with Crippen molar-refractivity contribution in [1.82, 2.24) is 10.2 Å². The largest absolute Gasteiger partial charge is 0.354 e. The fraction of sp³-hybridized carbons (Fsp3) is 0.867. The van der Waals surface area contributed by atoms with Gasteiger partial charge in [-0.15, -0.1) is 0 Å². The van der Waals surface area contributed by atoms with Gasteiger partial charge in [0, 0.05) is 25.6 Å². The summed E-state index contributed by atoms with van der Waals surface area (Å²) in [6.45, 7) is 9.31. The Labute approximate surface area is 122 Å². The van der Waals surface area contributed by atoms with Gasteiger partial charge in [0.05, 0.1) is 0 Å². The van der Waals surface area contributed by atoms with Crippen molar-refractivity contribution in [1.29, 1.82) is 0 Å². The summed E-state index contributed by atoms with van der Waals surface area (Å²) in [4.78, 5) is 26.2. The molecule has 5 heteroatoms. The molecule has 1 saturated heterocycles. The Morgan fingerprint density at radius 2 is 2.05 bits per heavy atom. The number of nitrogens with zero attached hydrogens (tertiary/aromatic N) is 1. The average molecular weight is 283 g/mol. The minimum atomic E-state index is -0.294. The van der Waals surface area contributed by atoms with E-state index in [2.05, 4.69) is 5.32 Å². The van der Waals surface area contributed by atoms with Crippen molar-refractivity contribution in [2.75, 3.05) is 13.1 Å². The second-order valence-electron chi connectivity index (χ2n) is 7.04. The molecule has 2 unspecified atom stereocenters. The van der Waals surface area contributed by atoms with Crippen LogP contribution in [0.25, 0.3) is 0 Å². The summed E-state index contributed by atoms with van der Waals surface area (Å²) in [5.74, 6) is 0.0488. The number of rotatable bonds is 5. The van der Waals surface area contributed by atoms with Crippen molar-refractivity contribution in [2.45, 2.75) is 65.5 Å². The van der Waals surface area contributed by atoms with Gasteiger partial charge in [0.15, 0.2) is 0 Å². The molecule has 1 aliphatic rings. The van der Waals surface area contributed by atoms with Crippen LogP contribution in [0.15, 0.2) is 0 Å². The van der Waals surface area contributed by atoms with E-state index in [1.807, 2.05) is 27.7 Å². The number of carbonyl (C=O) groups excluding carboxylic acids is 2. The Hall–Kier alpha value is -1.10. The number of likely N-dealkylation sites (tertiary alicyclic amines) is 1. The fourth-order valence-corrected chi connectivity index (χ4v) is 2.43. The highest BCUT2D eigenvalue weighted by Gasteiger charge is 2.34. The minimum Gasteiger partial charge on any atom is -0.354 e. The van der Waals surface area contributed by atoms with Crippen molar-refractivity contribution in [3.63, 3.8) is 0 Å². The molecule has 1 fully saturated rings. The average Bonchev–Trinajstić information content (AvgIpc) is 2.74. The normalized spacial score (nSPS) is 20.9. The Kier molecular flexibility index (Phi) is 5.99. The highest BCUT2D eigenvalue weighted by atomic mass is 16.2. The molecule has 1 rings (SSSR count). The van der Waals surface area contributed by atoms with E-state index in [1.54, 1.807) is 4.90 Å². The van der Waals surface area contributed by atoms with Crippen molar-refractivity contribution < 1.29 is 9.59 Å². The second kappa shape index (κ2) is 7.07. The molecule has 0 spiro atoms. The monoisotopic (exact) mass is 283 g/mol. The predicted molar refractivity (Wildman–Crippen MR) is 80.1 cm³/mol. The maximum absolute atomic E-state index is 12.3. The molecule has 1 aliphatic heterocycles. The molecular formula is C15H29N3O2. The summed E-state index contributed by atoms with van der Waals surface area (Å²) in [5.41, 5.74) is 5.62. The second-order valence-corrected chi connectivity index (χ2v) is 7.04. The number of hydrogen-bond donors (Lipinski definition) is 2. The summed E-state index contributed by atoms with van der Waals surface area (Å²) < 4.78 is 0. The molecule has 0 bridgehead atoms. The van der Waals surface area contributed by atoms with E-state index in [9.17, 15) is 9.59 Å². The highest BCUT2D eigenvalue weighted by molar-refractivity contribution is 5.88. The van der Waals surface area contributed by atoms with Crippen LogP contribution in [0.5, 0.6) is 0 Å². The molecule has 3 N–H and O–H groups in total. The van der Waals surface area contributed by atoms with Gasteiger partial charge in [0.1, 0.15) is 6.04 Å². The lowest BCUT2D eigenvalue weighted by atomic mass is 9.91. The standard InChI is InChI=1S/C15H29N3O2/c1-11(16)7-8-17-14(20)12-6-5-9-18(12)13(19)10-15(2,3)4/h11-12H,5-10,16H2,1-4H3,(H,17,20). The number of nitrogens with two attached hydrogens (primary N) is 1. The molecular weight excluding hydrogens is 254 g/mol. The van der Waals surface area contributed by atoms with E-state index in [0.29, 0.717) is 19.5 Å². The predicted octanol–water partition coefficient (Wildman–Crippen LogP) is 1.27. The number of carbonyl (C=O) groups is 2. The Morgan fingerprint density at radius 3 is 2.60 bits per heavy atom. The first-order chi connectivity index (χ1) is 9.20. The van der Waals surface area contributed by atoms with E-state index in [0.717, 1.165) is 19.3 Å². The topological polar surface area (TPSA) is 75.4 Å². The van der Waals surface area contributed by atoms with Crippen LogP contribution in [0.4, 0.5) is 0 Å². The van der Waals surface area contributed by atoms with Crippen LogP contribution in [-0.4, -0.2) is 41.9 Å². The zero-order valence-corrected chi connectivity index (χ0v) is 13.2. The molecule has 2 atom stereocenters. The molecule has 116 valence electrons. The van der Waals surface area contributed by atoms with E-state index in [-0.39, 0.29) is 29.3 Å². The van der Waals surface area contributed by atoms with Gasteiger partial charge in [-0.2, -0.15) is 0 Å². The third-order valence-electron chi connectivity index (χ3n) is 3.46. The van der Waals surface area contributed by atoms with Gasteiger partial charge in [0.2, 0.25) is 11.8 Å². The summed E-state index contributed by atoms with van der Waals surface area (Å²) in [5, 5.41) is 2.89. The quantitative estimate of drug-likeness (QED) is 0.798. The van der Waals surface area contributed by atoms with E-state index in [1.165, 1.54) is 0 Å². The van der Waals surface area contributed by atoms with Crippen LogP contribution in [0.2, 0.25) is 0 Å². The maximum Gasteiger partial charge on any atom is 0.242 e. The molecule has 1 heterocycles. The molecule has 20 heavy (non-hydrogen) atoms. The van der Waals surface area contributed by atoms with Gasteiger partial charge >= 0.3 is 0 Å². The lowest BCUT2D eigenvalue weighted by molar-refractivity contribution is -0.139. The van der Waals surface area contributed by atoms with Gasteiger partial charge < -0.3 is 16.0 Å². The molecule has 0 aliphatic carbocycles. The first-order valence-electron chi connectivity index (χ1n) is 7.53. The van der Waals surface area contributed by atoms with Gasteiger partial charge in [-0.3, -0.25) is 9.59 Å². The molecule has 0 aromatic heterocycles. The molecule has 0 saturated carbocycles. The number of hydrogen-bond acceptors (Lipinski definition) is 3. The van der Waals surface area contributed by atoms with Gasteiger partial charge in [-0.05, 0) is 31.6 Å². The third-order valence-corrected chi connectivity index (χ3v) is 3.46. The summed E-state index contributed by atoms with van der Waals surface area (Å²) in [6, 6.07) is -0.213. The highest BCUT2D eigenvalue weighted by Crippen LogP contribution is 2.24. The third kappa shape index (κ3) is 5.49. The van der Waals surface area contributed by atoms with Crippen molar-refractivity contribution in [3.8, 4) is 0 Å². The smallest absolute Gasteiger partial charge is 0.242 e. The lowest BCUT2D eigenvalue weighted by Gasteiger charge is -2.27. The zero-order valence-electron chi connectivity index (χ0n) is 13.2. The zero-order chi connectivity index (χ0) is 15.3. The van der Waals surface area contributed by atoms with Crippen LogP contribution < -0.4 is 11.1 Å². The van der Waals surface area contributed by atoms with Gasteiger partial charge in [-0.1, -0.05) is 20.8 Å². The van der Waals surface area contributed by atoms with E-state index >= 15 is 0 Å². The van der Waals surface area contributed by atoms with Crippen LogP contribution in [0.3, 0.4) is 0 Å². The van der Waals surface area contributed by atoms with E-state index in [4.69, 9.17) is 5.73 Å². The fourth-order valence-electron chi connectivity index (χ4n) is 2.43. The van der Waals surface area contributed by atoms with E-state index < -0.39 is 0 Å². The molecule has 5 nitrogen and oxygen atoms in total. The van der Waals surface area contributed by atoms with Crippen molar-refractivity contribution in [2.24, 2.45) is 11.1 Å². The maximum atomic E-state index is 12.3. The van der Waals surface area contributed by atoms with Crippen LogP contribution in [0, 0.1) is 5.41 Å². The first-order valence-corrected chi connectivity index (χ1v) is 7.53. The summed E-state index contributed by atoms with van der Waals surface area (Å²) >= 11 is 0. The van der Waals surface area contributed by atoms with Gasteiger partial charge in [-0.25, -0.2) is 0 Å². The van der Waals surface area contributed by atoms with Gasteiger partial charge in [0.25, 0.3) is 0 Å². The van der Waals surface area contributed by atoms with Crippen LogP contribution in [-0.2, 0) is 9.59 Å². The Balaban J connectivity index is 2.51. The summed E-state index contributed by atoms with van der Waals surface area (Å²) in [6.07, 6.45) is 2.91. The first kappa shape index (κ1) is 17.0. The minimum absolute atomic E-state index is 0.0367. The SMILES string of the molecule is CC(N)CCNC(=O)C1CCCN1C(=O)CC(C)(C)C. The molecule has 0 radical (unpaired) electrons. The molecule has 0 aromatic rings. The molecule has 0 aromatic carbocycles. The number of amides is 2. The van der Waals surface area contributed by atoms with Crippen LogP contribution >= 0.6 is 0 Å². The van der Waals surface area contributed by atoms with Crippen molar-refractivity contribution >= 4 is 11.8 Å². The van der Waals surface area contributed by atoms with Crippen LogP contribution in [0.1, 0.15) is 53.4 Å². The Morgan fingerprint density at radius 1 is 1.40 bits per heavy atom.